The third-order valence-corrected chi connectivity index (χ3v) is 4.54. The Bertz CT molecular complexity index is 671. The number of fused-ring (bicyclic) bond motifs is 1. The molecule has 1 aliphatic heterocycles. The number of anilines is 1. The fourth-order valence-corrected chi connectivity index (χ4v) is 3.23. The Labute approximate surface area is 147 Å². The molecule has 3 rings (SSSR count). The molecule has 1 fully saturated rings. The van der Waals surface area contributed by atoms with Crippen LogP contribution in [0.2, 0.25) is 0 Å². The number of carbonyl (C=O) groups is 2. The highest BCUT2D eigenvalue weighted by Crippen LogP contribution is 2.30. The van der Waals surface area contributed by atoms with Gasteiger partial charge in [0.05, 0.1) is 18.8 Å². The van der Waals surface area contributed by atoms with Crippen LogP contribution in [0.1, 0.15) is 52.1 Å². The number of carbonyl (C=O) groups excluding carboxylic acids is 2. The minimum Gasteiger partial charge on any atom is -0.444 e. The van der Waals surface area contributed by atoms with Gasteiger partial charge in [0, 0.05) is 12.6 Å². The van der Waals surface area contributed by atoms with Gasteiger partial charge >= 0.3 is 6.09 Å². The van der Waals surface area contributed by atoms with Crippen molar-refractivity contribution in [3.63, 3.8) is 0 Å². The topological polar surface area (TPSA) is 96.7 Å². The Morgan fingerprint density at radius 2 is 1.96 bits per heavy atom. The molecule has 2 N–H and O–H groups in total. The second kappa shape index (κ2) is 6.33. The van der Waals surface area contributed by atoms with E-state index in [1.165, 1.54) is 0 Å². The van der Waals surface area contributed by atoms with Crippen molar-refractivity contribution in [2.24, 2.45) is 0 Å². The summed E-state index contributed by atoms with van der Waals surface area (Å²) in [6.45, 7) is 6.92. The Kier molecular flexibility index (Phi) is 4.49. The zero-order valence-corrected chi connectivity index (χ0v) is 15.0. The van der Waals surface area contributed by atoms with Crippen LogP contribution < -0.4 is 5.32 Å². The minimum atomic E-state index is -1.29. The van der Waals surface area contributed by atoms with Crippen LogP contribution in [0.25, 0.3) is 0 Å². The van der Waals surface area contributed by atoms with E-state index >= 15 is 0 Å². The van der Waals surface area contributed by atoms with Gasteiger partial charge in [-0.15, -0.1) is 0 Å². The molecule has 8 heteroatoms. The summed E-state index contributed by atoms with van der Waals surface area (Å²) < 4.78 is 7.17. The molecule has 0 saturated heterocycles. The van der Waals surface area contributed by atoms with Gasteiger partial charge < -0.3 is 20.1 Å². The standard InChI is InChI=1S/C17H26N4O4/c1-16(2,3)25-15(23)20-8-9-21-12(11-20)10-13(19-21)18-14(22)17(24)6-4-5-7-17/h10,24H,4-9,11H2,1-3H3,(H,18,19,22). The largest absolute Gasteiger partial charge is 0.444 e. The van der Waals surface area contributed by atoms with Crippen LogP contribution in [0.5, 0.6) is 0 Å². The first-order valence-electron chi connectivity index (χ1n) is 8.75. The molecule has 8 nitrogen and oxygen atoms in total. The number of hydrogen-bond acceptors (Lipinski definition) is 5. The van der Waals surface area contributed by atoms with E-state index in [4.69, 9.17) is 4.74 Å². The van der Waals surface area contributed by atoms with E-state index < -0.39 is 17.1 Å². The van der Waals surface area contributed by atoms with Crippen LogP contribution in [-0.4, -0.2) is 49.5 Å². The molecule has 0 atom stereocenters. The molecule has 0 aromatic carbocycles. The van der Waals surface area contributed by atoms with Gasteiger partial charge in [0.25, 0.3) is 5.91 Å². The highest BCUT2D eigenvalue weighted by molar-refractivity contribution is 5.96. The van der Waals surface area contributed by atoms with E-state index in [0.717, 1.165) is 18.5 Å². The predicted octanol–water partition coefficient (Wildman–Crippen LogP) is 1.88. The molecule has 1 aliphatic carbocycles. The van der Waals surface area contributed by atoms with Crippen molar-refractivity contribution < 1.29 is 19.4 Å². The summed E-state index contributed by atoms with van der Waals surface area (Å²) in [5.41, 5.74) is -0.997. The molecule has 2 heterocycles. The van der Waals surface area contributed by atoms with E-state index in [2.05, 4.69) is 10.4 Å². The van der Waals surface area contributed by atoms with E-state index in [9.17, 15) is 14.7 Å². The van der Waals surface area contributed by atoms with Gasteiger partial charge in [0.15, 0.2) is 5.82 Å². The number of ether oxygens (including phenoxy) is 1. The number of aromatic nitrogens is 2. The van der Waals surface area contributed by atoms with Gasteiger partial charge in [-0.05, 0) is 46.5 Å². The van der Waals surface area contributed by atoms with Crippen molar-refractivity contribution in [2.75, 3.05) is 11.9 Å². The summed E-state index contributed by atoms with van der Waals surface area (Å²) in [5.74, 6) is 0.0100. The van der Waals surface area contributed by atoms with Gasteiger partial charge in [-0.25, -0.2) is 4.79 Å². The fraction of sp³-hybridized carbons (Fsp3) is 0.706. The van der Waals surface area contributed by atoms with Crippen molar-refractivity contribution in [3.05, 3.63) is 11.8 Å². The SMILES string of the molecule is CC(C)(C)OC(=O)N1CCn2nc(NC(=O)C3(O)CCCC3)cc2C1. The van der Waals surface area contributed by atoms with Gasteiger partial charge in [0.2, 0.25) is 0 Å². The smallest absolute Gasteiger partial charge is 0.410 e. The summed E-state index contributed by atoms with van der Waals surface area (Å²) in [5, 5.41) is 17.4. The molecule has 0 bridgehead atoms. The number of aliphatic hydroxyl groups is 1. The first-order valence-corrected chi connectivity index (χ1v) is 8.75. The lowest BCUT2D eigenvalue weighted by Crippen LogP contribution is -2.41. The molecule has 0 unspecified atom stereocenters. The van der Waals surface area contributed by atoms with Crippen LogP contribution in [0.4, 0.5) is 10.6 Å². The quantitative estimate of drug-likeness (QED) is 0.849. The highest BCUT2D eigenvalue weighted by Gasteiger charge is 2.39. The number of hydrogen-bond donors (Lipinski definition) is 2. The van der Waals surface area contributed by atoms with Crippen LogP contribution >= 0.6 is 0 Å². The Morgan fingerprint density at radius 1 is 1.28 bits per heavy atom. The maximum Gasteiger partial charge on any atom is 0.410 e. The van der Waals surface area contributed by atoms with E-state index in [1.54, 1.807) is 15.6 Å². The summed E-state index contributed by atoms with van der Waals surface area (Å²) in [4.78, 5) is 26.1. The number of rotatable bonds is 2. The third kappa shape index (κ3) is 3.95. The van der Waals surface area contributed by atoms with Crippen LogP contribution in [-0.2, 0) is 22.6 Å². The zero-order chi connectivity index (χ0) is 18.2. The number of nitrogens with one attached hydrogen (secondary N) is 1. The van der Waals surface area contributed by atoms with Crippen molar-refractivity contribution in [3.8, 4) is 0 Å². The average molecular weight is 350 g/mol. The second-order valence-electron chi connectivity index (χ2n) is 7.84. The van der Waals surface area contributed by atoms with Crippen molar-refractivity contribution in [1.29, 1.82) is 0 Å². The van der Waals surface area contributed by atoms with Crippen molar-refractivity contribution in [2.45, 2.75) is 70.7 Å². The monoisotopic (exact) mass is 350 g/mol. The highest BCUT2D eigenvalue weighted by atomic mass is 16.6. The van der Waals surface area contributed by atoms with E-state index in [-0.39, 0.29) is 6.09 Å². The molecular formula is C17H26N4O4. The molecular weight excluding hydrogens is 324 g/mol. The lowest BCUT2D eigenvalue weighted by Gasteiger charge is -2.30. The lowest BCUT2D eigenvalue weighted by atomic mass is 10.0. The number of amides is 2. The predicted molar refractivity (Wildman–Crippen MR) is 90.9 cm³/mol. The maximum atomic E-state index is 12.3. The van der Waals surface area contributed by atoms with Gasteiger partial charge in [-0.1, -0.05) is 0 Å². The first-order chi connectivity index (χ1) is 11.7. The van der Waals surface area contributed by atoms with E-state index in [1.807, 2.05) is 20.8 Å². The first kappa shape index (κ1) is 17.7. The molecule has 1 aromatic rings. The normalized spacial score (nSPS) is 19.4. The van der Waals surface area contributed by atoms with Crippen LogP contribution in [0.3, 0.4) is 0 Å². The molecule has 0 spiro atoms. The van der Waals surface area contributed by atoms with Crippen molar-refractivity contribution >= 4 is 17.8 Å². The molecule has 25 heavy (non-hydrogen) atoms. The molecule has 1 saturated carbocycles. The lowest BCUT2D eigenvalue weighted by molar-refractivity contribution is -0.133. The molecule has 0 radical (unpaired) electrons. The summed E-state index contributed by atoms with van der Waals surface area (Å²) in [6, 6.07) is 1.74. The Morgan fingerprint density at radius 3 is 2.60 bits per heavy atom. The fourth-order valence-electron chi connectivity index (χ4n) is 3.23. The summed E-state index contributed by atoms with van der Waals surface area (Å²) >= 11 is 0. The zero-order valence-electron chi connectivity index (χ0n) is 15.0. The Hall–Kier alpha value is -2.09. The van der Waals surface area contributed by atoms with Gasteiger partial charge in [-0.3, -0.25) is 9.48 Å². The second-order valence-corrected chi connectivity index (χ2v) is 7.84. The maximum absolute atomic E-state index is 12.3. The van der Waals surface area contributed by atoms with E-state index in [0.29, 0.717) is 38.3 Å². The third-order valence-electron chi connectivity index (χ3n) is 4.54. The summed E-state index contributed by atoms with van der Waals surface area (Å²) in [6.07, 6.45) is 2.33. The van der Waals surface area contributed by atoms with Gasteiger partial charge in [0.1, 0.15) is 11.2 Å². The molecule has 2 aliphatic rings. The Balaban J connectivity index is 1.65. The molecule has 138 valence electrons. The van der Waals surface area contributed by atoms with Gasteiger partial charge in [-0.2, -0.15) is 5.10 Å². The minimum absolute atomic E-state index is 0.356. The van der Waals surface area contributed by atoms with Crippen LogP contribution in [0, 0.1) is 0 Å². The molecule has 1 aromatic heterocycles. The number of nitrogens with zero attached hydrogens (tertiary/aromatic N) is 3. The molecule has 2 amide bonds. The average Bonchev–Trinajstić information content (AvgIpc) is 3.11. The summed E-state index contributed by atoms with van der Waals surface area (Å²) in [7, 11) is 0. The van der Waals surface area contributed by atoms with Crippen molar-refractivity contribution in [1.82, 2.24) is 14.7 Å². The van der Waals surface area contributed by atoms with Crippen LogP contribution in [0.15, 0.2) is 6.07 Å².